The smallest absolute Gasteiger partial charge is 0.222 e. The molecule has 0 atom stereocenters. The van der Waals surface area contributed by atoms with Crippen LogP contribution < -0.4 is 14.8 Å². The van der Waals surface area contributed by atoms with E-state index in [9.17, 15) is 0 Å². The van der Waals surface area contributed by atoms with Crippen LogP contribution in [0.3, 0.4) is 0 Å². The molecule has 174 valence electrons. The quantitative estimate of drug-likeness (QED) is 0.373. The van der Waals surface area contributed by atoms with Crippen molar-refractivity contribution in [1.82, 2.24) is 19.6 Å². The molecule has 0 saturated carbocycles. The van der Waals surface area contributed by atoms with Crippen molar-refractivity contribution in [3.63, 3.8) is 0 Å². The molecule has 0 amide bonds. The van der Waals surface area contributed by atoms with Crippen molar-refractivity contribution in [2.45, 2.75) is 47.6 Å². The van der Waals surface area contributed by atoms with Gasteiger partial charge in [-0.25, -0.2) is 14.5 Å². The number of pyridine rings is 1. The zero-order chi connectivity index (χ0) is 23.8. The zero-order valence-electron chi connectivity index (χ0n) is 20.3. The highest BCUT2D eigenvalue weighted by Gasteiger charge is 2.17. The number of methoxy groups -OCH3 is 1. The number of anilines is 1. The largest absolute Gasteiger partial charge is 0.497 e. The molecular formula is C26H33N5O2. The minimum atomic E-state index is 0.541. The van der Waals surface area contributed by atoms with Gasteiger partial charge in [0.2, 0.25) is 5.88 Å². The number of fused-ring (bicyclic) bond motifs is 1. The van der Waals surface area contributed by atoms with Gasteiger partial charge in [-0.05, 0) is 56.2 Å². The Morgan fingerprint density at radius 3 is 2.48 bits per heavy atom. The van der Waals surface area contributed by atoms with Crippen molar-refractivity contribution in [2.24, 2.45) is 0 Å². The summed E-state index contributed by atoms with van der Waals surface area (Å²) in [7, 11) is 1.67. The number of rotatable bonds is 8. The molecule has 0 aliphatic rings. The van der Waals surface area contributed by atoms with Crippen molar-refractivity contribution < 1.29 is 9.47 Å². The number of ether oxygens (including phenoxy) is 2. The third-order valence-corrected chi connectivity index (χ3v) is 5.14. The van der Waals surface area contributed by atoms with Crippen LogP contribution in [0.15, 0.2) is 48.7 Å². The average Bonchev–Trinajstić information content (AvgIpc) is 3.20. The summed E-state index contributed by atoms with van der Waals surface area (Å²) in [4.78, 5) is 9.13. The van der Waals surface area contributed by atoms with Crippen LogP contribution >= 0.6 is 0 Å². The first kappa shape index (κ1) is 24.0. The van der Waals surface area contributed by atoms with Gasteiger partial charge >= 0.3 is 0 Å². The lowest BCUT2D eigenvalue weighted by Gasteiger charge is -2.14. The molecule has 0 unspecified atom stereocenters. The lowest BCUT2D eigenvalue weighted by molar-refractivity contribution is 0.328. The van der Waals surface area contributed by atoms with E-state index in [1.54, 1.807) is 13.3 Å². The lowest BCUT2D eigenvalue weighted by Crippen LogP contribution is -2.06. The van der Waals surface area contributed by atoms with E-state index in [4.69, 9.17) is 19.6 Å². The number of imidazole rings is 1. The van der Waals surface area contributed by atoms with Crippen LogP contribution in [0.5, 0.6) is 11.6 Å². The summed E-state index contributed by atoms with van der Waals surface area (Å²) in [6.45, 7) is 11.2. The fourth-order valence-electron chi connectivity index (χ4n) is 3.60. The van der Waals surface area contributed by atoms with Gasteiger partial charge < -0.3 is 14.8 Å². The summed E-state index contributed by atoms with van der Waals surface area (Å²) >= 11 is 0. The molecule has 0 spiro atoms. The van der Waals surface area contributed by atoms with Gasteiger partial charge in [-0.15, -0.1) is 0 Å². The van der Waals surface area contributed by atoms with Crippen molar-refractivity contribution >= 4 is 11.2 Å². The maximum absolute atomic E-state index is 5.74. The molecule has 3 aromatic heterocycles. The monoisotopic (exact) mass is 447 g/mol. The molecule has 4 rings (SSSR count). The first-order chi connectivity index (χ1) is 16.1. The molecule has 3 heterocycles. The van der Waals surface area contributed by atoms with Gasteiger partial charge in [0.15, 0.2) is 0 Å². The van der Waals surface area contributed by atoms with E-state index in [0.29, 0.717) is 19.0 Å². The molecule has 0 saturated heterocycles. The standard InChI is InChI=1S/C24H27N5O2.C2H6/c1-5-20-23-22(26-15-17-9-11-18(30-4)12-10-17)14-21(28-29(23)16(3)27-20)19-8-7-13-25-24(19)31-6-2;1-2/h7-14,26H,5-6,15H2,1-4H3;1-2H3. The minimum absolute atomic E-state index is 0.541. The van der Waals surface area contributed by atoms with Crippen LogP contribution in [0, 0.1) is 6.92 Å². The zero-order valence-corrected chi connectivity index (χ0v) is 20.3. The summed E-state index contributed by atoms with van der Waals surface area (Å²) in [6.07, 6.45) is 2.56. The van der Waals surface area contributed by atoms with E-state index in [1.165, 1.54) is 0 Å². The van der Waals surface area contributed by atoms with Crippen molar-refractivity contribution in [1.29, 1.82) is 0 Å². The SMILES string of the molecule is CC.CCOc1ncccc1-c1cc(NCc2ccc(OC)cc2)c2c(CC)nc(C)n2n1. The molecule has 1 N–H and O–H groups in total. The van der Waals surface area contributed by atoms with Crippen LogP contribution in [-0.4, -0.2) is 33.3 Å². The predicted octanol–water partition coefficient (Wildman–Crippen LogP) is 5.71. The van der Waals surface area contributed by atoms with E-state index >= 15 is 0 Å². The van der Waals surface area contributed by atoms with E-state index in [2.05, 4.69) is 35.4 Å². The highest BCUT2D eigenvalue weighted by atomic mass is 16.5. The first-order valence-electron chi connectivity index (χ1n) is 11.5. The Balaban J connectivity index is 0.00000149. The number of hydrogen-bond donors (Lipinski definition) is 1. The summed E-state index contributed by atoms with van der Waals surface area (Å²) in [5.41, 5.74) is 5.78. The van der Waals surface area contributed by atoms with Crippen molar-refractivity contribution in [3.8, 4) is 22.9 Å². The molecule has 7 nitrogen and oxygen atoms in total. The molecule has 7 heteroatoms. The average molecular weight is 448 g/mol. The molecule has 0 radical (unpaired) electrons. The Morgan fingerprint density at radius 2 is 1.82 bits per heavy atom. The van der Waals surface area contributed by atoms with Gasteiger partial charge in [0.1, 0.15) is 17.1 Å². The molecule has 0 aliphatic carbocycles. The van der Waals surface area contributed by atoms with E-state index in [0.717, 1.165) is 51.7 Å². The van der Waals surface area contributed by atoms with E-state index < -0.39 is 0 Å². The molecular weight excluding hydrogens is 414 g/mol. The second-order valence-corrected chi connectivity index (χ2v) is 7.15. The Bertz CT molecular complexity index is 1190. The van der Waals surface area contributed by atoms with Crippen LogP contribution in [0.2, 0.25) is 0 Å². The highest BCUT2D eigenvalue weighted by Crippen LogP contribution is 2.32. The topological polar surface area (TPSA) is 73.6 Å². The second kappa shape index (κ2) is 11.3. The molecule has 4 aromatic rings. The van der Waals surface area contributed by atoms with Gasteiger partial charge in [0.25, 0.3) is 0 Å². The molecule has 1 aromatic carbocycles. The maximum atomic E-state index is 5.74. The fraction of sp³-hybridized carbons (Fsp3) is 0.346. The molecule has 0 bridgehead atoms. The molecule has 33 heavy (non-hydrogen) atoms. The minimum Gasteiger partial charge on any atom is -0.497 e. The number of nitrogens with zero attached hydrogens (tertiary/aromatic N) is 4. The van der Waals surface area contributed by atoms with E-state index in [-0.39, 0.29) is 0 Å². The second-order valence-electron chi connectivity index (χ2n) is 7.15. The van der Waals surface area contributed by atoms with E-state index in [1.807, 2.05) is 56.5 Å². The van der Waals surface area contributed by atoms with Crippen LogP contribution in [0.1, 0.15) is 44.8 Å². The summed E-state index contributed by atoms with van der Waals surface area (Å²) in [6, 6.07) is 14.0. The van der Waals surface area contributed by atoms with Crippen LogP contribution in [0.25, 0.3) is 16.8 Å². The van der Waals surface area contributed by atoms with Crippen LogP contribution in [0.4, 0.5) is 5.69 Å². The first-order valence-corrected chi connectivity index (χ1v) is 11.5. The third-order valence-electron chi connectivity index (χ3n) is 5.14. The van der Waals surface area contributed by atoms with Gasteiger partial charge in [-0.1, -0.05) is 32.9 Å². The van der Waals surface area contributed by atoms with Crippen molar-refractivity contribution in [2.75, 3.05) is 19.0 Å². The summed E-state index contributed by atoms with van der Waals surface area (Å²) < 4.78 is 12.9. The lowest BCUT2D eigenvalue weighted by atomic mass is 10.1. The maximum Gasteiger partial charge on any atom is 0.222 e. The Labute approximate surface area is 195 Å². The normalized spacial score (nSPS) is 10.5. The summed E-state index contributed by atoms with van der Waals surface area (Å²) in [5, 5.41) is 8.46. The number of aryl methyl sites for hydroxylation is 2. The fourth-order valence-corrected chi connectivity index (χ4v) is 3.60. The van der Waals surface area contributed by atoms with Crippen LogP contribution in [-0.2, 0) is 13.0 Å². The van der Waals surface area contributed by atoms with Crippen molar-refractivity contribution in [3.05, 3.63) is 65.7 Å². The summed E-state index contributed by atoms with van der Waals surface area (Å²) in [5.74, 6) is 2.27. The number of benzene rings is 1. The number of hydrogen-bond acceptors (Lipinski definition) is 6. The molecule has 0 aliphatic heterocycles. The Morgan fingerprint density at radius 1 is 1.06 bits per heavy atom. The number of aromatic nitrogens is 4. The number of nitrogens with one attached hydrogen (secondary N) is 1. The van der Waals surface area contributed by atoms with Gasteiger partial charge in [-0.2, -0.15) is 5.10 Å². The highest BCUT2D eigenvalue weighted by molar-refractivity contribution is 5.80. The van der Waals surface area contributed by atoms with Gasteiger partial charge in [0, 0.05) is 12.7 Å². The van der Waals surface area contributed by atoms with Gasteiger partial charge in [0.05, 0.1) is 36.4 Å². The van der Waals surface area contributed by atoms with Gasteiger partial charge in [-0.3, -0.25) is 0 Å². The Kier molecular flexibility index (Phi) is 8.24. The third kappa shape index (κ3) is 5.25. The molecule has 0 fully saturated rings. The predicted molar refractivity (Wildman–Crippen MR) is 133 cm³/mol. The Hall–Kier alpha value is -3.61.